The van der Waals surface area contributed by atoms with Gasteiger partial charge in [0.1, 0.15) is 0 Å². The standard InChI is InChI=1S/C27H20N4O.C7H8O3S/c1-17-7-3-6-10-24(17)31-26-21-14-18(20-13-19-8-4-5-9-22(19)28-15-20)11-12-23(21)29-16-25(26)30(2)27(31)32;1-6-2-4-7(5-3-6)11(8,9)10/h3-16H,1-2H3;2-5H,1H3,(H,8,9,10). The van der Waals surface area contributed by atoms with E-state index in [0.29, 0.717) is 0 Å². The van der Waals surface area contributed by atoms with Gasteiger partial charge in [-0.05, 0) is 67.4 Å². The summed E-state index contributed by atoms with van der Waals surface area (Å²) in [5, 5.41) is 2.03. The predicted molar refractivity (Wildman–Crippen MR) is 170 cm³/mol. The summed E-state index contributed by atoms with van der Waals surface area (Å²) in [7, 11) is -2.22. The smallest absolute Gasteiger partial charge is 0.293 e. The highest BCUT2D eigenvalue weighted by atomic mass is 32.2. The molecular formula is C34H28N4O4S. The molecule has 0 aliphatic heterocycles. The van der Waals surface area contributed by atoms with Crippen molar-refractivity contribution < 1.29 is 13.0 Å². The van der Waals surface area contributed by atoms with Crippen LogP contribution in [0.25, 0.3) is 49.7 Å². The molecule has 0 unspecified atom stereocenters. The zero-order chi connectivity index (χ0) is 30.3. The molecule has 43 heavy (non-hydrogen) atoms. The third-order valence-corrected chi connectivity index (χ3v) is 8.35. The molecule has 7 aromatic rings. The molecule has 0 saturated carbocycles. The van der Waals surface area contributed by atoms with Crippen LogP contribution in [0.5, 0.6) is 0 Å². The second-order valence-corrected chi connectivity index (χ2v) is 11.8. The van der Waals surface area contributed by atoms with Crippen LogP contribution in [0.1, 0.15) is 11.1 Å². The number of pyridine rings is 2. The highest BCUT2D eigenvalue weighted by Crippen LogP contribution is 2.31. The number of fused-ring (bicyclic) bond motifs is 4. The minimum Gasteiger partial charge on any atom is -0.293 e. The van der Waals surface area contributed by atoms with Crippen LogP contribution >= 0.6 is 0 Å². The van der Waals surface area contributed by atoms with E-state index >= 15 is 0 Å². The van der Waals surface area contributed by atoms with Crippen molar-refractivity contribution in [3.05, 3.63) is 131 Å². The van der Waals surface area contributed by atoms with Gasteiger partial charge >= 0.3 is 5.69 Å². The van der Waals surface area contributed by atoms with E-state index in [1.807, 2.05) is 68.6 Å². The lowest BCUT2D eigenvalue weighted by Crippen LogP contribution is -2.21. The summed E-state index contributed by atoms with van der Waals surface area (Å²) in [6.07, 6.45) is 3.68. The molecule has 1 N–H and O–H groups in total. The fourth-order valence-electron chi connectivity index (χ4n) is 5.15. The van der Waals surface area contributed by atoms with Crippen molar-refractivity contribution in [2.24, 2.45) is 7.05 Å². The van der Waals surface area contributed by atoms with Crippen LogP contribution in [0.15, 0.2) is 119 Å². The van der Waals surface area contributed by atoms with Crippen molar-refractivity contribution in [1.29, 1.82) is 0 Å². The summed E-state index contributed by atoms with van der Waals surface area (Å²) >= 11 is 0. The highest BCUT2D eigenvalue weighted by molar-refractivity contribution is 7.85. The van der Waals surface area contributed by atoms with Gasteiger partial charge in [0.05, 0.1) is 38.8 Å². The molecule has 9 heteroatoms. The Bertz CT molecular complexity index is 2320. The number of imidazole rings is 1. The van der Waals surface area contributed by atoms with Gasteiger partial charge in [-0.1, -0.05) is 60.2 Å². The maximum absolute atomic E-state index is 13.3. The maximum Gasteiger partial charge on any atom is 0.333 e. The Hall–Kier alpha value is -5.12. The number of aromatic nitrogens is 4. The molecule has 0 bridgehead atoms. The average Bonchev–Trinajstić information content (AvgIpc) is 3.26. The number of nitrogens with zero attached hydrogens (tertiary/aromatic N) is 4. The fourth-order valence-corrected chi connectivity index (χ4v) is 5.63. The van der Waals surface area contributed by atoms with Gasteiger partial charge in [-0.15, -0.1) is 0 Å². The monoisotopic (exact) mass is 588 g/mol. The number of aryl methyl sites for hydroxylation is 3. The third-order valence-electron chi connectivity index (χ3n) is 7.48. The van der Waals surface area contributed by atoms with E-state index in [1.54, 1.807) is 34.5 Å². The van der Waals surface area contributed by atoms with Crippen LogP contribution < -0.4 is 5.69 Å². The van der Waals surface area contributed by atoms with Gasteiger partial charge in [0, 0.05) is 29.6 Å². The van der Waals surface area contributed by atoms with E-state index in [0.717, 1.165) is 60.8 Å². The maximum atomic E-state index is 13.3. The highest BCUT2D eigenvalue weighted by Gasteiger charge is 2.17. The molecule has 214 valence electrons. The van der Waals surface area contributed by atoms with Gasteiger partial charge in [-0.25, -0.2) is 4.79 Å². The average molecular weight is 589 g/mol. The minimum absolute atomic E-state index is 0.0666. The summed E-state index contributed by atoms with van der Waals surface area (Å²) in [6.45, 7) is 3.87. The molecule has 8 nitrogen and oxygen atoms in total. The number of benzene rings is 4. The molecule has 0 amide bonds. The first-order valence-electron chi connectivity index (χ1n) is 13.6. The summed E-state index contributed by atoms with van der Waals surface area (Å²) in [5.74, 6) is 0. The minimum atomic E-state index is -4.02. The van der Waals surface area contributed by atoms with Gasteiger partial charge in [0.25, 0.3) is 10.1 Å². The van der Waals surface area contributed by atoms with Crippen LogP contribution in [0.3, 0.4) is 0 Å². The molecule has 0 fully saturated rings. The van der Waals surface area contributed by atoms with Crippen LogP contribution in [-0.2, 0) is 17.2 Å². The Morgan fingerprint density at radius 3 is 2.19 bits per heavy atom. The van der Waals surface area contributed by atoms with E-state index in [4.69, 9.17) is 4.55 Å². The van der Waals surface area contributed by atoms with E-state index in [-0.39, 0.29) is 10.6 Å². The summed E-state index contributed by atoms with van der Waals surface area (Å²) in [6, 6.07) is 30.4. The number of rotatable bonds is 3. The Morgan fingerprint density at radius 1 is 0.744 bits per heavy atom. The first kappa shape index (κ1) is 28.0. The summed E-state index contributed by atoms with van der Waals surface area (Å²) in [4.78, 5) is 22.5. The van der Waals surface area contributed by atoms with Crippen molar-refractivity contribution in [3.63, 3.8) is 0 Å². The van der Waals surface area contributed by atoms with E-state index in [2.05, 4.69) is 34.2 Å². The number of hydrogen-bond acceptors (Lipinski definition) is 5. The Morgan fingerprint density at radius 2 is 1.44 bits per heavy atom. The second kappa shape index (κ2) is 10.9. The first-order valence-corrected chi connectivity index (χ1v) is 15.0. The lowest BCUT2D eigenvalue weighted by Gasteiger charge is -2.10. The Labute approximate surface area is 248 Å². The predicted octanol–water partition coefficient (Wildman–Crippen LogP) is 6.64. The number of para-hydroxylation sites is 2. The van der Waals surface area contributed by atoms with Crippen LogP contribution in [0, 0.1) is 13.8 Å². The molecule has 7 rings (SSSR count). The van der Waals surface area contributed by atoms with Crippen molar-refractivity contribution >= 4 is 43.0 Å². The molecule has 3 heterocycles. The molecule has 0 aliphatic carbocycles. The Kier molecular flexibility index (Phi) is 7.13. The molecule has 0 aliphatic rings. The molecule has 0 saturated heterocycles. The summed E-state index contributed by atoms with van der Waals surface area (Å²) in [5.41, 5.74) is 8.36. The lowest BCUT2D eigenvalue weighted by atomic mass is 10.0. The quantitative estimate of drug-likeness (QED) is 0.232. The van der Waals surface area contributed by atoms with E-state index < -0.39 is 10.1 Å². The van der Waals surface area contributed by atoms with Crippen LogP contribution in [-0.4, -0.2) is 32.1 Å². The van der Waals surface area contributed by atoms with Gasteiger partial charge in [0.2, 0.25) is 0 Å². The van der Waals surface area contributed by atoms with E-state index in [9.17, 15) is 13.2 Å². The molecular weight excluding hydrogens is 560 g/mol. The molecule has 4 aromatic carbocycles. The third kappa shape index (κ3) is 5.31. The van der Waals surface area contributed by atoms with Crippen molar-refractivity contribution in [2.45, 2.75) is 18.7 Å². The van der Waals surface area contributed by atoms with Gasteiger partial charge in [-0.3, -0.25) is 23.7 Å². The molecule has 0 spiro atoms. The fraction of sp³-hybridized carbons (Fsp3) is 0.0882. The van der Waals surface area contributed by atoms with Crippen molar-refractivity contribution in [2.75, 3.05) is 0 Å². The largest absolute Gasteiger partial charge is 0.333 e. The zero-order valence-corrected chi connectivity index (χ0v) is 24.6. The van der Waals surface area contributed by atoms with Crippen molar-refractivity contribution in [3.8, 4) is 16.8 Å². The van der Waals surface area contributed by atoms with Gasteiger partial charge in [0.15, 0.2) is 0 Å². The molecule has 3 aromatic heterocycles. The molecule has 0 atom stereocenters. The Balaban J connectivity index is 0.000000254. The second-order valence-electron chi connectivity index (χ2n) is 10.4. The van der Waals surface area contributed by atoms with Gasteiger partial charge in [-0.2, -0.15) is 8.42 Å². The topological polar surface area (TPSA) is 107 Å². The first-order chi connectivity index (χ1) is 20.6. The van der Waals surface area contributed by atoms with Crippen LogP contribution in [0.4, 0.5) is 0 Å². The molecule has 0 radical (unpaired) electrons. The van der Waals surface area contributed by atoms with Crippen LogP contribution in [0.2, 0.25) is 0 Å². The summed E-state index contributed by atoms with van der Waals surface area (Å²) < 4.78 is 33.0. The van der Waals surface area contributed by atoms with Gasteiger partial charge < -0.3 is 0 Å². The number of hydrogen-bond donors (Lipinski definition) is 1. The van der Waals surface area contributed by atoms with E-state index in [1.165, 1.54) is 12.1 Å². The SMILES string of the molecule is Cc1ccc(S(=O)(=O)O)cc1.Cc1ccccc1-n1c(=O)n(C)c2cnc3ccc(-c4cnc5ccccc5c4)cc3c21. The van der Waals surface area contributed by atoms with Crippen molar-refractivity contribution in [1.82, 2.24) is 19.1 Å². The zero-order valence-electron chi connectivity index (χ0n) is 23.8. The lowest BCUT2D eigenvalue weighted by molar-refractivity contribution is 0.483. The normalized spacial score (nSPS) is 11.5.